The van der Waals surface area contributed by atoms with Gasteiger partial charge >= 0.3 is 0 Å². The molecule has 1 aromatic carbocycles. The van der Waals surface area contributed by atoms with E-state index in [1.54, 1.807) is 11.1 Å². The van der Waals surface area contributed by atoms with Gasteiger partial charge in [-0.05, 0) is 49.4 Å². The molecule has 1 aliphatic carbocycles. The lowest BCUT2D eigenvalue weighted by Crippen LogP contribution is -2.11. The summed E-state index contributed by atoms with van der Waals surface area (Å²) in [7, 11) is 1.97. The quantitative estimate of drug-likeness (QED) is 0.631. The first-order valence-electron chi connectivity index (χ1n) is 5.24. The molecule has 0 bridgehead atoms. The molecule has 0 fully saturated rings. The lowest BCUT2D eigenvalue weighted by Gasteiger charge is -2.18. The summed E-state index contributed by atoms with van der Waals surface area (Å²) in [4.78, 5) is 0.287. The lowest BCUT2D eigenvalue weighted by atomic mass is 9.90. The van der Waals surface area contributed by atoms with Crippen LogP contribution in [0.4, 0.5) is 0 Å². The van der Waals surface area contributed by atoms with Crippen LogP contribution in [0.15, 0.2) is 18.2 Å². The third kappa shape index (κ3) is 2.01. The standard InChI is InChI=1S/C12H16BrN/c1-14-12(13)11-7-6-9-4-2-3-5-10(9)8-11/h6-8,12,14H,2-5H2,1H3. The van der Waals surface area contributed by atoms with E-state index in [1.165, 1.54) is 31.2 Å². The van der Waals surface area contributed by atoms with Gasteiger partial charge in [-0.1, -0.05) is 34.1 Å². The minimum atomic E-state index is 0.287. The highest BCUT2D eigenvalue weighted by Crippen LogP contribution is 2.26. The third-order valence-corrected chi connectivity index (χ3v) is 3.91. The van der Waals surface area contributed by atoms with Crippen LogP contribution in [0.25, 0.3) is 0 Å². The number of fused-ring (bicyclic) bond motifs is 1. The Labute approximate surface area is 94.0 Å². The number of hydrogen-bond acceptors (Lipinski definition) is 1. The molecule has 0 aliphatic heterocycles. The molecule has 14 heavy (non-hydrogen) atoms. The first-order chi connectivity index (χ1) is 6.81. The summed E-state index contributed by atoms with van der Waals surface area (Å²) < 4.78 is 0. The van der Waals surface area contributed by atoms with E-state index in [2.05, 4.69) is 39.4 Å². The molecule has 0 radical (unpaired) electrons. The summed E-state index contributed by atoms with van der Waals surface area (Å²) in [5.41, 5.74) is 4.44. The molecule has 0 amide bonds. The van der Waals surface area contributed by atoms with Gasteiger partial charge in [0.05, 0.1) is 4.95 Å². The van der Waals surface area contributed by atoms with Gasteiger partial charge in [-0.3, -0.25) is 0 Å². The molecule has 0 spiro atoms. The smallest absolute Gasteiger partial charge is 0.0884 e. The number of aryl methyl sites for hydroxylation is 2. The van der Waals surface area contributed by atoms with Crippen molar-refractivity contribution in [2.75, 3.05) is 7.05 Å². The summed E-state index contributed by atoms with van der Waals surface area (Å²) in [6, 6.07) is 6.85. The molecule has 0 heterocycles. The highest BCUT2D eigenvalue weighted by molar-refractivity contribution is 9.09. The Morgan fingerprint density at radius 2 is 1.93 bits per heavy atom. The monoisotopic (exact) mass is 253 g/mol. The molecule has 1 unspecified atom stereocenters. The maximum Gasteiger partial charge on any atom is 0.0884 e. The predicted octanol–water partition coefficient (Wildman–Crippen LogP) is 3.18. The van der Waals surface area contributed by atoms with Crippen molar-refractivity contribution >= 4 is 15.9 Å². The molecule has 1 aliphatic rings. The van der Waals surface area contributed by atoms with E-state index < -0.39 is 0 Å². The average molecular weight is 254 g/mol. The van der Waals surface area contributed by atoms with E-state index in [4.69, 9.17) is 0 Å². The van der Waals surface area contributed by atoms with Crippen molar-refractivity contribution in [3.05, 3.63) is 34.9 Å². The minimum absolute atomic E-state index is 0.287. The molecule has 0 saturated heterocycles. The zero-order valence-corrected chi connectivity index (χ0v) is 10.1. The van der Waals surface area contributed by atoms with Crippen LogP contribution >= 0.6 is 15.9 Å². The number of rotatable bonds is 2. The maximum absolute atomic E-state index is 3.60. The van der Waals surface area contributed by atoms with Crippen molar-refractivity contribution in [1.82, 2.24) is 5.32 Å². The van der Waals surface area contributed by atoms with Crippen molar-refractivity contribution in [2.45, 2.75) is 30.6 Å². The van der Waals surface area contributed by atoms with E-state index in [-0.39, 0.29) is 4.95 Å². The van der Waals surface area contributed by atoms with Crippen molar-refractivity contribution in [2.24, 2.45) is 0 Å². The zero-order chi connectivity index (χ0) is 9.97. The molecule has 2 heteroatoms. The Balaban J connectivity index is 2.29. The summed E-state index contributed by atoms with van der Waals surface area (Å²) in [5, 5.41) is 3.20. The first kappa shape index (κ1) is 10.2. The summed E-state index contributed by atoms with van der Waals surface area (Å²) >= 11 is 3.60. The fourth-order valence-electron chi connectivity index (χ4n) is 2.08. The van der Waals surface area contributed by atoms with Crippen LogP contribution in [0, 0.1) is 0 Å². The Kier molecular flexibility index (Phi) is 3.24. The van der Waals surface area contributed by atoms with Crippen molar-refractivity contribution in [3.8, 4) is 0 Å². The van der Waals surface area contributed by atoms with Crippen LogP contribution in [0.1, 0.15) is 34.5 Å². The average Bonchev–Trinajstić information content (AvgIpc) is 2.27. The lowest BCUT2D eigenvalue weighted by molar-refractivity contribution is 0.682. The fourth-order valence-corrected chi connectivity index (χ4v) is 2.36. The summed E-state index contributed by atoms with van der Waals surface area (Å²) in [6.07, 6.45) is 5.23. The second-order valence-electron chi connectivity index (χ2n) is 3.89. The second-order valence-corrected chi connectivity index (χ2v) is 4.80. The molecule has 1 aromatic rings. The van der Waals surface area contributed by atoms with Crippen LogP contribution in [0.2, 0.25) is 0 Å². The first-order valence-corrected chi connectivity index (χ1v) is 6.16. The van der Waals surface area contributed by atoms with Crippen molar-refractivity contribution in [1.29, 1.82) is 0 Å². The fraction of sp³-hybridized carbons (Fsp3) is 0.500. The number of hydrogen-bond donors (Lipinski definition) is 1. The normalized spacial score (nSPS) is 17.6. The van der Waals surface area contributed by atoms with E-state index in [0.29, 0.717) is 0 Å². The highest BCUT2D eigenvalue weighted by atomic mass is 79.9. The topological polar surface area (TPSA) is 12.0 Å². The highest BCUT2D eigenvalue weighted by Gasteiger charge is 2.11. The zero-order valence-electron chi connectivity index (χ0n) is 8.52. The number of benzene rings is 1. The Bertz CT molecular complexity index is 322. The van der Waals surface area contributed by atoms with Gasteiger partial charge in [0, 0.05) is 0 Å². The van der Waals surface area contributed by atoms with Gasteiger partial charge in [0.1, 0.15) is 0 Å². The second kappa shape index (κ2) is 4.45. The van der Waals surface area contributed by atoms with E-state index in [1.807, 2.05) is 7.05 Å². The van der Waals surface area contributed by atoms with Gasteiger partial charge in [-0.2, -0.15) is 0 Å². The van der Waals surface area contributed by atoms with Crippen LogP contribution in [-0.4, -0.2) is 7.05 Å². The third-order valence-electron chi connectivity index (χ3n) is 2.92. The largest absolute Gasteiger partial charge is 0.304 e. The Morgan fingerprint density at radius 1 is 1.21 bits per heavy atom. The molecule has 1 atom stereocenters. The minimum Gasteiger partial charge on any atom is -0.304 e. The maximum atomic E-state index is 3.60. The van der Waals surface area contributed by atoms with E-state index in [9.17, 15) is 0 Å². The number of nitrogens with one attached hydrogen (secondary N) is 1. The summed E-state index contributed by atoms with van der Waals surface area (Å²) in [6.45, 7) is 0. The predicted molar refractivity (Wildman–Crippen MR) is 63.8 cm³/mol. The number of halogens is 1. The van der Waals surface area contributed by atoms with E-state index in [0.717, 1.165) is 0 Å². The molecule has 1 N–H and O–H groups in total. The molecule has 0 saturated carbocycles. The van der Waals surface area contributed by atoms with Crippen LogP contribution in [-0.2, 0) is 12.8 Å². The molecular formula is C12H16BrN. The molecule has 1 nitrogen and oxygen atoms in total. The molecular weight excluding hydrogens is 238 g/mol. The van der Waals surface area contributed by atoms with Gasteiger partial charge in [-0.15, -0.1) is 0 Å². The SMILES string of the molecule is CNC(Br)c1ccc2c(c1)CCCC2. The van der Waals surface area contributed by atoms with Crippen molar-refractivity contribution < 1.29 is 0 Å². The molecule has 2 rings (SSSR count). The van der Waals surface area contributed by atoms with E-state index >= 15 is 0 Å². The molecule has 76 valence electrons. The summed E-state index contributed by atoms with van der Waals surface area (Å²) in [5.74, 6) is 0. The Morgan fingerprint density at radius 3 is 2.64 bits per heavy atom. The van der Waals surface area contributed by atoms with Gasteiger partial charge in [-0.25, -0.2) is 0 Å². The van der Waals surface area contributed by atoms with Gasteiger partial charge in [0.25, 0.3) is 0 Å². The van der Waals surface area contributed by atoms with Crippen LogP contribution < -0.4 is 5.32 Å². The van der Waals surface area contributed by atoms with Gasteiger partial charge in [0.2, 0.25) is 0 Å². The van der Waals surface area contributed by atoms with Crippen LogP contribution in [0.5, 0.6) is 0 Å². The number of alkyl halides is 1. The van der Waals surface area contributed by atoms with Crippen molar-refractivity contribution in [3.63, 3.8) is 0 Å². The molecule has 0 aromatic heterocycles. The Hall–Kier alpha value is -0.340. The van der Waals surface area contributed by atoms with Crippen LogP contribution in [0.3, 0.4) is 0 Å². The van der Waals surface area contributed by atoms with Gasteiger partial charge < -0.3 is 5.32 Å². The van der Waals surface area contributed by atoms with Gasteiger partial charge in [0.15, 0.2) is 0 Å².